The first-order valence-corrected chi connectivity index (χ1v) is 14.2. The van der Waals surface area contributed by atoms with Crippen molar-refractivity contribution >= 4 is 11.8 Å². The molecule has 1 fully saturated rings. The number of rotatable bonds is 13. The van der Waals surface area contributed by atoms with Crippen LogP contribution in [0.1, 0.15) is 35.4 Å². The van der Waals surface area contributed by atoms with Gasteiger partial charge in [0.25, 0.3) is 0 Å². The lowest BCUT2D eigenvalue weighted by Gasteiger charge is -2.30. The molecule has 3 aromatic rings. The van der Waals surface area contributed by atoms with Crippen LogP contribution in [0.5, 0.6) is 5.75 Å². The fourth-order valence-electron chi connectivity index (χ4n) is 4.85. The smallest absolute Gasteiger partial charge is 0.389 e. The van der Waals surface area contributed by atoms with Crippen LogP contribution in [0.3, 0.4) is 0 Å². The molecule has 0 bridgehead atoms. The van der Waals surface area contributed by atoms with Gasteiger partial charge in [-0.3, -0.25) is 9.59 Å². The van der Waals surface area contributed by atoms with Crippen LogP contribution in [-0.2, 0) is 25.5 Å². The Bertz CT molecular complexity index is 1380. The van der Waals surface area contributed by atoms with E-state index in [1.807, 2.05) is 0 Å². The van der Waals surface area contributed by atoms with Gasteiger partial charge >= 0.3 is 12.1 Å². The lowest BCUT2D eigenvalue weighted by molar-refractivity contribution is -0.158. The maximum absolute atomic E-state index is 15.0. The van der Waals surface area contributed by atoms with Crippen LogP contribution in [0.2, 0.25) is 0 Å². The second-order valence-corrected chi connectivity index (χ2v) is 10.6. The van der Waals surface area contributed by atoms with Gasteiger partial charge in [-0.1, -0.05) is 30.3 Å². The summed E-state index contributed by atoms with van der Waals surface area (Å²) < 4.78 is 95.4. The number of nitrogens with two attached hydrogens (primary N) is 1. The Balaban J connectivity index is 1.35. The van der Waals surface area contributed by atoms with Gasteiger partial charge in [-0.25, -0.2) is 13.2 Å². The Hall–Kier alpha value is -3.94. The summed E-state index contributed by atoms with van der Waals surface area (Å²) in [6, 6.07) is 13.3. The number of hydrogen-bond donors (Lipinski definition) is 2. The van der Waals surface area contributed by atoms with Crippen LogP contribution < -0.4 is 15.8 Å². The van der Waals surface area contributed by atoms with Crippen LogP contribution in [-0.4, -0.2) is 62.5 Å². The molecule has 0 saturated carbocycles. The summed E-state index contributed by atoms with van der Waals surface area (Å²) in [5.41, 5.74) is 7.43. The largest absolute Gasteiger partial charge is 0.490 e. The fraction of sp³-hybridized carbons (Fsp3) is 0.375. The van der Waals surface area contributed by atoms with Crippen molar-refractivity contribution in [2.75, 3.05) is 26.4 Å². The maximum Gasteiger partial charge on any atom is 0.389 e. The maximum atomic E-state index is 15.0. The minimum Gasteiger partial charge on any atom is -0.490 e. The zero-order valence-corrected chi connectivity index (χ0v) is 24.0. The summed E-state index contributed by atoms with van der Waals surface area (Å²) in [6.45, 7) is 0.126. The number of halogens is 6. The molecule has 1 heterocycles. The van der Waals surface area contributed by atoms with Crippen molar-refractivity contribution in [1.29, 1.82) is 0 Å². The van der Waals surface area contributed by atoms with Gasteiger partial charge in [0, 0.05) is 24.4 Å². The Morgan fingerprint density at radius 2 is 1.56 bits per heavy atom. The van der Waals surface area contributed by atoms with Crippen molar-refractivity contribution in [2.24, 2.45) is 5.73 Å². The molecule has 3 atom stereocenters. The summed E-state index contributed by atoms with van der Waals surface area (Å²) in [5.74, 6) is -3.83. The van der Waals surface area contributed by atoms with Gasteiger partial charge in [-0.05, 0) is 47.5 Å². The number of nitrogens with one attached hydrogen (secondary N) is 1. The summed E-state index contributed by atoms with van der Waals surface area (Å²) in [4.78, 5) is 25.0. The highest BCUT2D eigenvalue weighted by Crippen LogP contribution is 2.30. The molecule has 3 N–H and O–H groups in total. The standard InChI is InChI=1S/C32H32F6N2O5/c33-21-8-4-19(5-9-21)30(20-6-10-22(34)11-7-20)31(39)27(41)14-25-26(35)2-1-3-28(25)44-18-24-15-40-23(16-43-24)17-45-29(42)12-13-32(36,37)38/h1-11,23-24,30-31,40H,12-18,39H2/t23-,24-,31+/m0/s1. The Kier molecular flexibility index (Phi) is 11.6. The van der Waals surface area contributed by atoms with Gasteiger partial charge in [0.05, 0.1) is 31.5 Å². The number of morpholine rings is 1. The van der Waals surface area contributed by atoms with E-state index in [-0.39, 0.29) is 37.7 Å². The van der Waals surface area contributed by atoms with Crippen LogP contribution in [0, 0.1) is 17.5 Å². The highest BCUT2D eigenvalue weighted by molar-refractivity contribution is 5.88. The van der Waals surface area contributed by atoms with E-state index < -0.39 is 78.7 Å². The number of alkyl halides is 3. The van der Waals surface area contributed by atoms with Gasteiger partial charge in [0.1, 0.15) is 42.5 Å². The third kappa shape index (κ3) is 10.0. The first-order valence-electron chi connectivity index (χ1n) is 14.2. The van der Waals surface area contributed by atoms with Gasteiger partial charge in [-0.2, -0.15) is 13.2 Å². The van der Waals surface area contributed by atoms with E-state index in [4.69, 9.17) is 19.9 Å². The highest BCUT2D eigenvalue weighted by Gasteiger charge is 2.31. The molecule has 0 radical (unpaired) electrons. The van der Waals surface area contributed by atoms with Crippen LogP contribution in [0.25, 0.3) is 0 Å². The number of carbonyl (C=O) groups excluding carboxylic acids is 2. The molecule has 45 heavy (non-hydrogen) atoms. The third-order valence-corrected chi connectivity index (χ3v) is 7.27. The SMILES string of the molecule is N[C@H](C(=O)Cc1c(F)cccc1OC[C@@H]1CN[C@H](COC(=O)CCC(F)(F)F)CO1)C(c1ccc(F)cc1)c1ccc(F)cc1. The summed E-state index contributed by atoms with van der Waals surface area (Å²) >= 11 is 0. The van der Waals surface area contributed by atoms with E-state index in [2.05, 4.69) is 5.32 Å². The Labute approximate surface area is 255 Å². The van der Waals surface area contributed by atoms with Crippen molar-refractivity contribution in [2.45, 2.75) is 49.5 Å². The summed E-state index contributed by atoms with van der Waals surface area (Å²) in [6.07, 6.45) is -7.40. The molecule has 3 aromatic carbocycles. The molecule has 0 aliphatic carbocycles. The number of benzene rings is 3. The number of hydrogen-bond acceptors (Lipinski definition) is 7. The molecular weight excluding hydrogens is 606 g/mol. The minimum absolute atomic E-state index is 0.0256. The average Bonchev–Trinajstić information content (AvgIpc) is 3.01. The molecule has 242 valence electrons. The Morgan fingerprint density at radius 1 is 0.933 bits per heavy atom. The number of ether oxygens (including phenoxy) is 3. The third-order valence-electron chi connectivity index (χ3n) is 7.27. The van der Waals surface area contributed by atoms with Gasteiger partial charge in [0.15, 0.2) is 5.78 Å². The van der Waals surface area contributed by atoms with Crippen molar-refractivity contribution in [3.63, 3.8) is 0 Å². The van der Waals surface area contributed by atoms with Crippen molar-refractivity contribution in [3.8, 4) is 5.75 Å². The van der Waals surface area contributed by atoms with Gasteiger partial charge in [0.2, 0.25) is 0 Å². The van der Waals surface area contributed by atoms with Crippen LogP contribution >= 0.6 is 0 Å². The molecule has 0 amide bonds. The van der Waals surface area contributed by atoms with E-state index in [1.165, 1.54) is 66.7 Å². The monoisotopic (exact) mass is 638 g/mol. The van der Waals surface area contributed by atoms with E-state index in [0.717, 1.165) is 0 Å². The summed E-state index contributed by atoms with van der Waals surface area (Å²) in [7, 11) is 0. The first kappa shape index (κ1) is 33.9. The lowest BCUT2D eigenvalue weighted by Crippen LogP contribution is -2.50. The molecule has 0 spiro atoms. The second-order valence-electron chi connectivity index (χ2n) is 10.6. The molecule has 4 rings (SSSR count). The molecule has 1 aliphatic heterocycles. The number of carbonyl (C=O) groups is 2. The van der Waals surface area contributed by atoms with Crippen LogP contribution in [0.15, 0.2) is 66.7 Å². The van der Waals surface area contributed by atoms with E-state index >= 15 is 0 Å². The van der Waals surface area contributed by atoms with Gasteiger partial charge in [-0.15, -0.1) is 0 Å². The molecule has 0 unspecified atom stereocenters. The quantitative estimate of drug-likeness (QED) is 0.201. The molecule has 13 heteroatoms. The molecule has 7 nitrogen and oxygen atoms in total. The number of Topliss-reactive ketones (excluding diaryl/α,β-unsaturated/α-hetero) is 1. The first-order chi connectivity index (χ1) is 21.4. The van der Waals surface area contributed by atoms with Crippen molar-refractivity contribution in [1.82, 2.24) is 5.32 Å². The van der Waals surface area contributed by atoms with Crippen molar-refractivity contribution in [3.05, 3.63) is 101 Å². The lowest BCUT2D eigenvalue weighted by atomic mass is 9.82. The van der Waals surface area contributed by atoms with Gasteiger partial charge < -0.3 is 25.3 Å². The molecular formula is C32H32F6N2O5. The van der Waals surface area contributed by atoms with Crippen molar-refractivity contribution < 1.29 is 50.1 Å². The normalized spacial score (nSPS) is 17.6. The fourth-order valence-corrected chi connectivity index (χ4v) is 4.85. The summed E-state index contributed by atoms with van der Waals surface area (Å²) in [5, 5.41) is 3.06. The topological polar surface area (TPSA) is 99.9 Å². The molecule has 1 aliphatic rings. The second kappa shape index (κ2) is 15.4. The predicted molar refractivity (Wildman–Crippen MR) is 151 cm³/mol. The average molecular weight is 639 g/mol. The zero-order chi connectivity index (χ0) is 32.6. The minimum atomic E-state index is -4.45. The van der Waals surface area contributed by atoms with E-state index in [9.17, 15) is 35.9 Å². The predicted octanol–water partition coefficient (Wildman–Crippen LogP) is 5.00. The highest BCUT2D eigenvalue weighted by atomic mass is 19.4. The molecule has 0 aromatic heterocycles. The van der Waals surface area contributed by atoms with E-state index in [1.54, 1.807) is 0 Å². The Morgan fingerprint density at radius 3 is 2.11 bits per heavy atom. The van der Waals surface area contributed by atoms with Crippen LogP contribution in [0.4, 0.5) is 26.3 Å². The van der Waals surface area contributed by atoms with E-state index in [0.29, 0.717) is 11.1 Å². The molecule has 1 saturated heterocycles. The zero-order valence-electron chi connectivity index (χ0n) is 24.0. The number of esters is 1. The number of ketones is 1.